The molecule has 0 fully saturated rings. The van der Waals surface area contributed by atoms with E-state index in [2.05, 4.69) is 54.2 Å². The van der Waals surface area contributed by atoms with Gasteiger partial charge in [0.25, 0.3) is 0 Å². The minimum Gasteiger partial charge on any atom is -0.369 e. The fourth-order valence-electron chi connectivity index (χ4n) is 2.07. The van der Waals surface area contributed by atoms with Crippen molar-refractivity contribution in [3.05, 3.63) is 59.4 Å². The van der Waals surface area contributed by atoms with Gasteiger partial charge in [-0.3, -0.25) is 4.98 Å². The molecule has 100 valence electrons. The van der Waals surface area contributed by atoms with Crippen molar-refractivity contribution in [2.45, 2.75) is 26.4 Å². The fraction of sp³-hybridized carbons (Fsp3) is 0.312. The standard InChI is InChI=1S/C16H21N3/c1-12-5-4-6-14(9-12)11-19(3)15-7-8-16(13(2)17)18-10-15/h4-10,13H,11,17H2,1-3H3/t13-/m1/s1. The predicted molar refractivity (Wildman–Crippen MR) is 80.1 cm³/mol. The highest BCUT2D eigenvalue weighted by atomic mass is 15.1. The van der Waals surface area contributed by atoms with Gasteiger partial charge in [-0.1, -0.05) is 29.8 Å². The molecule has 3 heteroatoms. The maximum absolute atomic E-state index is 5.80. The van der Waals surface area contributed by atoms with E-state index in [1.54, 1.807) is 0 Å². The molecule has 0 saturated carbocycles. The summed E-state index contributed by atoms with van der Waals surface area (Å²) in [5.74, 6) is 0. The largest absolute Gasteiger partial charge is 0.369 e. The Kier molecular flexibility index (Phi) is 4.17. The van der Waals surface area contributed by atoms with Crippen LogP contribution in [0.1, 0.15) is 29.8 Å². The summed E-state index contributed by atoms with van der Waals surface area (Å²) in [6.07, 6.45) is 1.88. The zero-order valence-electron chi connectivity index (χ0n) is 11.8. The number of aromatic nitrogens is 1. The van der Waals surface area contributed by atoms with Crippen molar-refractivity contribution in [2.24, 2.45) is 5.73 Å². The molecule has 0 saturated heterocycles. The normalized spacial score (nSPS) is 12.2. The fourth-order valence-corrected chi connectivity index (χ4v) is 2.07. The number of pyridine rings is 1. The monoisotopic (exact) mass is 255 g/mol. The summed E-state index contributed by atoms with van der Waals surface area (Å²) in [6, 6.07) is 12.6. The Bertz CT molecular complexity index is 532. The average molecular weight is 255 g/mol. The van der Waals surface area contributed by atoms with Crippen LogP contribution in [-0.4, -0.2) is 12.0 Å². The van der Waals surface area contributed by atoms with E-state index >= 15 is 0 Å². The van der Waals surface area contributed by atoms with Crippen LogP contribution in [0.2, 0.25) is 0 Å². The van der Waals surface area contributed by atoms with Gasteiger partial charge < -0.3 is 10.6 Å². The number of nitrogens with two attached hydrogens (primary N) is 1. The first-order valence-electron chi connectivity index (χ1n) is 6.54. The van der Waals surface area contributed by atoms with Crippen LogP contribution in [-0.2, 0) is 6.54 Å². The Balaban J connectivity index is 2.09. The molecule has 19 heavy (non-hydrogen) atoms. The van der Waals surface area contributed by atoms with Crippen molar-refractivity contribution in [3.8, 4) is 0 Å². The number of hydrogen-bond donors (Lipinski definition) is 1. The maximum atomic E-state index is 5.80. The number of anilines is 1. The second-order valence-corrected chi connectivity index (χ2v) is 5.08. The molecule has 2 N–H and O–H groups in total. The molecule has 0 amide bonds. The minimum absolute atomic E-state index is 0.0175. The first-order chi connectivity index (χ1) is 9.06. The lowest BCUT2D eigenvalue weighted by Crippen LogP contribution is -2.17. The zero-order chi connectivity index (χ0) is 13.8. The van der Waals surface area contributed by atoms with E-state index in [1.807, 2.05) is 19.2 Å². The molecule has 1 aromatic carbocycles. The minimum atomic E-state index is -0.0175. The Morgan fingerprint density at radius 3 is 2.63 bits per heavy atom. The lowest BCUT2D eigenvalue weighted by Gasteiger charge is -2.19. The van der Waals surface area contributed by atoms with Gasteiger partial charge in [-0.25, -0.2) is 0 Å². The summed E-state index contributed by atoms with van der Waals surface area (Å²) >= 11 is 0. The van der Waals surface area contributed by atoms with Gasteiger partial charge >= 0.3 is 0 Å². The van der Waals surface area contributed by atoms with Gasteiger partial charge in [0.1, 0.15) is 0 Å². The van der Waals surface area contributed by atoms with Crippen LogP contribution >= 0.6 is 0 Å². The highest BCUT2D eigenvalue weighted by Crippen LogP contribution is 2.17. The van der Waals surface area contributed by atoms with Crippen LogP contribution in [0.4, 0.5) is 5.69 Å². The molecule has 0 unspecified atom stereocenters. The van der Waals surface area contributed by atoms with Gasteiger partial charge in [0, 0.05) is 19.6 Å². The van der Waals surface area contributed by atoms with E-state index in [0.29, 0.717) is 0 Å². The number of nitrogens with zero attached hydrogens (tertiary/aromatic N) is 2. The Labute approximate surface area is 115 Å². The van der Waals surface area contributed by atoms with Crippen molar-refractivity contribution >= 4 is 5.69 Å². The molecule has 2 rings (SSSR count). The Morgan fingerprint density at radius 2 is 2.05 bits per heavy atom. The Morgan fingerprint density at radius 1 is 1.26 bits per heavy atom. The van der Waals surface area contributed by atoms with E-state index in [1.165, 1.54) is 11.1 Å². The van der Waals surface area contributed by atoms with Crippen molar-refractivity contribution in [1.29, 1.82) is 0 Å². The summed E-state index contributed by atoms with van der Waals surface area (Å²) in [6.45, 7) is 4.93. The quantitative estimate of drug-likeness (QED) is 0.913. The zero-order valence-corrected chi connectivity index (χ0v) is 11.8. The van der Waals surface area contributed by atoms with Crippen LogP contribution in [0.5, 0.6) is 0 Å². The van der Waals surface area contributed by atoms with E-state index in [9.17, 15) is 0 Å². The lowest BCUT2D eigenvalue weighted by atomic mass is 10.1. The van der Waals surface area contributed by atoms with Crippen molar-refractivity contribution in [1.82, 2.24) is 4.98 Å². The molecule has 0 bridgehead atoms. The number of aryl methyl sites for hydroxylation is 1. The molecular weight excluding hydrogens is 234 g/mol. The first kappa shape index (κ1) is 13.6. The van der Waals surface area contributed by atoms with Crippen molar-refractivity contribution < 1.29 is 0 Å². The molecule has 0 aliphatic rings. The number of benzene rings is 1. The summed E-state index contributed by atoms with van der Waals surface area (Å²) in [5.41, 5.74) is 10.4. The van der Waals surface area contributed by atoms with Gasteiger partial charge in [0.05, 0.1) is 17.6 Å². The van der Waals surface area contributed by atoms with Gasteiger partial charge in [-0.2, -0.15) is 0 Å². The van der Waals surface area contributed by atoms with E-state index in [-0.39, 0.29) is 6.04 Å². The van der Waals surface area contributed by atoms with Crippen LogP contribution in [0.15, 0.2) is 42.6 Å². The molecule has 1 heterocycles. The highest BCUT2D eigenvalue weighted by molar-refractivity contribution is 5.44. The van der Waals surface area contributed by atoms with Gasteiger partial charge in [-0.05, 0) is 31.5 Å². The summed E-state index contributed by atoms with van der Waals surface area (Å²) in [7, 11) is 2.07. The van der Waals surface area contributed by atoms with E-state index < -0.39 is 0 Å². The maximum Gasteiger partial charge on any atom is 0.0569 e. The summed E-state index contributed by atoms with van der Waals surface area (Å²) in [5, 5.41) is 0. The van der Waals surface area contributed by atoms with Crippen LogP contribution < -0.4 is 10.6 Å². The van der Waals surface area contributed by atoms with Gasteiger partial charge in [0.15, 0.2) is 0 Å². The molecule has 1 aromatic heterocycles. The molecule has 3 nitrogen and oxygen atoms in total. The third kappa shape index (κ3) is 3.55. The number of hydrogen-bond acceptors (Lipinski definition) is 3. The molecule has 2 aromatic rings. The molecule has 1 atom stereocenters. The molecule has 0 radical (unpaired) electrons. The molecular formula is C16H21N3. The molecule has 0 spiro atoms. The second-order valence-electron chi connectivity index (χ2n) is 5.08. The molecule has 0 aliphatic heterocycles. The number of rotatable bonds is 4. The third-order valence-corrected chi connectivity index (χ3v) is 3.18. The highest BCUT2D eigenvalue weighted by Gasteiger charge is 2.05. The molecule has 0 aliphatic carbocycles. The van der Waals surface area contributed by atoms with Crippen LogP contribution in [0.25, 0.3) is 0 Å². The lowest BCUT2D eigenvalue weighted by molar-refractivity contribution is 0.779. The smallest absolute Gasteiger partial charge is 0.0569 e. The summed E-state index contributed by atoms with van der Waals surface area (Å²) < 4.78 is 0. The van der Waals surface area contributed by atoms with Crippen LogP contribution in [0, 0.1) is 6.92 Å². The Hall–Kier alpha value is -1.87. The third-order valence-electron chi connectivity index (χ3n) is 3.18. The second kappa shape index (κ2) is 5.85. The van der Waals surface area contributed by atoms with Gasteiger partial charge in [0.2, 0.25) is 0 Å². The van der Waals surface area contributed by atoms with Gasteiger partial charge in [-0.15, -0.1) is 0 Å². The average Bonchev–Trinajstić information content (AvgIpc) is 2.39. The van der Waals surface area contributed by atoms with E-state index in [4.69, 9.17) is 5.73 Å². The SMILES string of the molecule is Cc1cccc(CN(C)c2ccc([C@@H](C)N)nc2)c1. The van der Waals surface area contributed by atoms with E-state index in [0.717, 1.165) is 17.9 Å². The topological polar surface area (TPSA) is 42.1 Å². The van der Waals surface area contributed by atoms with Crippen molar-refractivity contribution in [3.63, 3.8) is 0 Å². The predicted octanol–water partition coefficient (Wildman–Crippen LogP) is 3.05. The van der Waals surface area contributed by atoms with Crippen molar-refractivity contribution in [2.75, 3.05) is 11.9 Å². The summed E-state index contributed by atoms with van der Waals surface area (Å²) in [4.78, 5) is 6.58. The van der Waals surface area contributed by atoms with Crippen LogP contribution in [0.3, 0.4) is 0 Å². The first-order valence-corrected chi connectivity index (χ1v) is 6.54.